The summed E-state index contributed by atoms with van der Waals surface area (Å²) in [6.45, 7) is 31.3. The summed E-state index contributed by atoms with van der Waals surface area (Å²) in [4.78, 5) is 0. The molecule has 5 nitrogen and oxygen atoms in total. The van der Waals surface area contributed by atoms with Gasteiger partial charge in [-0.05, 0) is 25.2 Å². The number of hydrogen-bond acceptors (Lipinski definition) is 5. The number of rotatable bonds is 7. The molecule has 2 heterocycles. The smallest absolute Gasteiger partial charge is 0.172 e. The van der Waals surface area contributed by atoms with Crippen LogP contribution in [0.15, 0.2) is 0 Å². The van der Waals surface area contributed by atoms with Gasteiger partial charge >= 0.3 is 0 Å². The van der Waals surface area contributed by atoms with Gasteiger partial charge in [0.1, 0.15) is 0 Å². The molecule has 0 aliphatic carbocycles. The van der Waals surface area contributed by atoms with Crippen LogP contribution < -0.4 is 0 Å². The third-order valence-electron chi connectivity index (χ3n) is 7.63. The molecule has 0 radical (unpaired) electrons. The molecule has 0 bridgehead atoms. The average molecular weight is 475 g/mol. The first-order valence-corrected chi connectivity index (χ1v) is 13.2. The van der Waals surface area contributed by atoms with Gasteiger partial charge in [0, 0.05) is 30.8 Å². The molecule has 0 aromatic heterocycles. The summed E-state index contributed by atoms with van der Waals surface area (Å²) in [5, 5.41) is 0. The van der Waals surface area contributed by atoms with Crippen LogP contribution >= 0.6 is 0 Å². The highest BCUT2D eigenvalue weighted by molar-refractivity contribution is 4.82. The quantitative estimate of drug-likeness (QED) is 0.391. The summed E-state index contributed by atoms with van der Waals surface area (Å²) in [5.41, 5.74) is 0.0417. The van der Waals surface area contributed by atoms with E-state index < -0.39 is 0 Å². The maximum absolute atomic E-state index is 5.77. The zero-order valence-electron chi connectivity index (χ0n) is 24.5. The first-order chi connectivity index (χ1) is 15.1. The lowest BCUT2D eigenvalue weighted by atomic mass is 9.82. The van der Waals surface area contributed by atoms with E-state index in [-0.39, 0.29) is 17.2 Å². The molecule has 5 heteroatoms. The molecule has 33 heavy (non-hydrogen) atoms. The third-order valence-corrected chi connectivity index (χ3v) is 7.63. The van der Waals surface area contributed by atoms with E-state index in [9.17, 15) is 0 Å². The SMILES string of the molecule is CC(C)C1(C(C)C)OCCCO1.CC(C)C1(C(C)C)OCCO1.COC(C)(C(C)C)C(C)C. The monoisotopic (exact) mass is 474 g/mol. The Balaban J connectivity index is 0.000000468. The minimum Gasteiger partial charge on any atom is -0.378 e. The minimum atomic E-state index is -0.321. The van der Waals surface area contributed by atoms with Crippen LogP contribution in [-0.4, -0.2) is 50.7 Å². The Morgan fingerprint density at radius 2 is 0.818 bits per heavy atom. The minimum absolute atomic E-state index is 0.0417. The molecule has 0 N–H and O–H groups in total. The molecule has 0 amide bonds. The van der Waals surface area contributed by atoms with Gasteiger partial charge in [0.15, 0.2) is 11.6 Å². The van der Waals surface area contributed by atoms with E-state index in [1.807, 2.05) is 0 Å². The Morgan fingerprint density at radius 1 is 0.545 bits per heavy atom. The van der Waals surface area contributed by atoms with E-state index >= 15 is 0 Å². The van der Waals surface area contributed by atoms with Gasteiger partial charge in [-0.2, -0.15) is 0 Å². The lowest BCUT2D eigenvalue weighted by Gasteiger charge is -2.43. The van der Waals surface area contributed by atoms with Gasteiger partial charge < -0.3 is 23.7 Å². The molecule has 2 rings (SSSR count). The van der Waals surface area contributed by atoms with Gasteiger partial charge in [-0.1, -0.05) is 83.1 Å². The van der Waals surface area contributed by atoms with Crippen LogP contribution in [0.1, 0.15) is 96.4 Å². The number of hydrogen-bond donors (Lipinski definition) is 0. The maximum atomic E-state index is 5.77. The molecule has 0 unspecified atom stereocenters. The molecule has 0 spiro atoms. The van der Waals surface area contributed by atoms with Crippen molar-refractivity contribution in [1.82, 2.24) is 0 Å². The van der Waals surface area contributed by atoms with Crippen LogP contribution in [0, 0.1) is 35.5 Å². The largest absolute Gasteiger partial charge is 0.378 e. The van der Waals surface area contributed by atoms with Crippen molar-refractivity contribution in [2.24, 2.45) is 35.5 Å². The van der Waals surface area contributed by atoms with Crippen molar-refractivity contribution < 1.29 is 23.7 Å². The van der Waals surface area contributed by atoms with Crippen molar-refractivity contribution >= 4 is 0 Å². The van der Waals surface area contributed by atoms with Crippen LogP contribution in [0.2, 0.25) is 0 Å². The Morgan fingerprint density at radius 3 is 0.970 bits per heavy atom. The Kier molecular flexibility index (Phi) is 14.3. The zero-order valence-corrected chi connectivity index (χ0v) is 24.5. The molecular weight excluding hydrogens is 416 g/mol. The van der Waals surface area contributed by atoms with Gasteiger partial charge in [0.05, 0.1) is 32.0 Å². The first kappa shape index (κ1) is 32.8. The van der Waals surface area contributed by atoms with Crippen LogP contribution in [0.25, 0.3) is 0 Å². The highest BCUT2D eigenvalue weighted by Crippen LogP contribution is 2.35. The summed E-state index contributed by atoms with van der Waals surface area (Å²) < 4.78 is 28.3. The van der Waals surface area contributed by atoms with Crippen LogP contribution in [0.4, 0.5) is 0 Å². The summed E-state index contributed by atoms with van der Waals surface area (Å²) in [6, 6.07) is 0. The standard InChI is InChI=1S/C10H20O2.C9H18O2.C9H20O/c1-8(2)10(9(3)4)11-6-5-7-12-10;1-7(2)9(8(3)4)10-5-6-11-9;1-7(2)9(5,10-6)8(3)4/h8-9H,5-7H2,1-4H3;7-8H,5-6H2,1-4H3;7-8H,1-6H3. The van der Waals surface area contributed by atoms with Crippen molar-refractivity contribution in [3.8, 4) is 0 Å². The van der Waals surface area contributed by atoms with E-state index in [0.29, 0.717) is 35.5 Å². The van der Waals surface area contributed by atoms with Gasteiger partial charge in [0.2, 0.25) is 0 Å². The second-order valence-electron chi connectivity index (χ2n) is 11.5. The van der Waals surface area contributed by atoms with Crippen LogP contribution in [0.3, 0.4) is 0 Å². The number of ether oxygens (including phenoxy) is 5. The normalized spacial score (nSPS) is 20.4. The average Bonchev–Trinajstić information content (AvgIpc) is 3.25. The maximum Gasteiger partial charge on any atom is 0.172 e. The van der Waals surface area contributed by atoms with Crippen LogP contribution in [0.5, 0.6) is 0 Å². The van der Waals surface area contributed by atoms with E-state index in [1.165, 1.54) is 0 Å². The topological polar surface area (TPSA) is 46.2 Å². The molecule has 0 atom stereocenters. The van der Waals surface area contributed by atoms with E-state index in [1.54, 1.807) is 7.11 Å². The third kappa shape index (κ3) is 8.45. The van der Waals surface area contributed by atoms with Crippen molar-refractivity contribution in [1.29, 1.82) is 0 Å². The van der Waals surface area contributed by atoms with Crippen LogP contribution in [-0.2, 0) is 23.7 Å². The Labute approximate surface area is 206 Å². The highest BCUT2D eigenvalue weighted by Gasteiger charge is 2.43. The molecule has 2 fully saturated rings. The summed E-state index contributed by atoms with van der Waals surface area (Å²) in [7, 11) is 1.79. The molecule has 0 aromatic carbocycles. The van der Waals surface area contributed by atoms with Gasteiger partial charge in [-0.15, -0.1) is 0 Å². The van der Waals surface area contributed by atoms with E-state index in [4.69, 9.17) is 23.7 Å². The second kappa shape index (κ2) is 14.4. The fourth-order valence-electron chi connectivity index (χ4n) is 4.81. The molecular formula is C28H58O5. The summed E-state index contributed by atoms with van der Waals surface area (Å²) in [6.07, 6.45) is 1.03. The molecule has 0 saturated carbocycles. The van der Waals surface area contributed by atoms with Gasteiger partial charge in [0.25, 0.3) is 0 Å². The molecule has 2 aliphatic heterocycles. The highest BCUT2D eigenvalue weighted by atomic mass is 16.7. The lowest BCUT2D eigenvalue weighted by molar-refractivity contribution is -0.310. The second-order valence-corrected chi connectivity index (χ2v) is 11.5. The molecule has 2 saturated heterocycles. The number of methoxy groups -OCH3 is 1. The Hall–Kier alpha value is -0.200. The summed E-state index contributed by atoms with van der Waals surface area (Å²) in [5.74, 6) is 2.26. The van der Waals surface area contributed by atoms with Crippen molar-refractivity contribution in [2.45, 2.75) is 114 Å². The van der Waals surface area contributed by atoms with Crippen molar-refractivity contribution in [2.75, 3.05) is 33.5 Å². The fourth-order valence-corrected chi connectivity index (χ4v) is 4.81. The van der Waals surface area contributed by atoms with Gasteiger partial charge in [-0.3, -0.25) is 0 Å². The van der Waals surface area contributed by atoms with Gasteiger partial charge in [-0.25, -0.2) is 0 Å². The van der Waals surface area contributed by atoms with Crippen molar-refractivity contribution in [3.63, 3.8) is 0 Å². The zero-order chi connectivity index (χ0) is 26.0. The van der Waals surface area contributed by atoms with E-state index in [0.717, 1.165) is 32.8 Å². The molecule has 2 aliphatic rings. The molecule has 200 valence electrons. The van der Waals surface area contributed by atoms with Crippen molar-refractivity contribution in [3.05, 3.63) is 0 Å². The first-order valence-electron chi connectivity index (χ1n) is 13.2. The predicted octanol–water partition coefficient (Wildman–Crippen LogP) is 7.18. The predicted molar refractivity (Wildman–Crippen MR) is 138 cm³/mol. The lowest BCUT2D eigenvalue weighted by Crippen LogP contribution is -2.49. The molecule has 0 aromatic rings. The summed E-state index contributed by atoms with van der Waals surface area (Å²) >= 11 is 0. The van der Waals surface area contributed by atoms with E-state index in [2.05, 4.69) is 90.0 Å². The Bertz CT molecular complexity index is 470. The fraction of sp³-hybridized carbons (Fsp3) is 1.00.